The number of aromatic nitrogens is 2. The van der Waals surface area contributed by atoms with Gasteiger partial charge in [-0.2, -0.15) is 4.98 Å². The highest BCUT2D eigenvalue weighted by Crippen LogP contribution is 2.35. The molecule has 0 aliphatic carbocycles. The number of thiophene rings is 1. The topological polar surface area (TPSA) is 42.2 Å². The van der Waals surface area contributed by atoms with Crippen LogP contribution in [-0.2, 0) is 12.0 Å². The van der Waals surface area contributed by atoms with Crippen molar-refractivity contribution in [3.05, 3.63) is 34.1 Å². The summed E-state index contributed by atoms with van der Waals surface area (Å²) in [5.41, 5.74) is -0.0556. The van der Waals surface area contributed by atoms with E-state index in [0.29, 0.717) is 6.04 Å². The lowest BCUT2D eigenvalue weighted by molar-refractivity contribution is 0.214. The standard InChI is InChI=1S/C15H21N3OS/c1-15(2,3)14-16-13(19-17-14)10-18-8-4-6-11(18)12-7-5-9-20-12/h5,7,9,11H,4,6,8,10H2,1-3H3. The summed E-state index contributed by atoms with van der Waals surface area (Å²) in [6.45, 7) is 8.17. The fourth-order valence-corrected chi connectivity index (χ4v) is 3.51. The molecule has 0 saturated carbocycles. The van der Waals surface area contributed by atoms with Gasteiger partial charge in [0.25, 0.3) is 0 Å². The number of rotatable bonds is 3. The Labute approximate surface area is 123 Å². The minimum atomic E-state index is -0.0556. The average Bonchev–Trinajstić information content (AvgIpc) is 3.08. The molecule has 0 radical (unpaired) electrons. The maximum absolute atomic E-state index is 5.42. The van der Waals surface area contributed by atoms with Crippen molar-refractivity contribution in [2.45, 2.75) is 51.6 Å². The maximum Gasteiger partial charge on any atom is 0.240 e. The molecule has 1 atom stereocenters. The van der Waals surface area contributed by atoms with Crippen LogP contribution >= 0.6 is 11.3 Å². The van der Waals surface area contributed by atoms with Crippen molar-refractivity contribution >= 4 is 11.3 Å². The monoisotopic (exact) mass is 291 g/mol. The molecule has 1 saturated heterocycles. The molecule has 5 heteroatoms. The average molecular weight is 291 g/mol. The van der Waals surface area contributed by atoms with E-state index in [0.717, 1.165) is 24.8 Å². The lowest BCUT2D eigenvalue weighted by Gasteiger charge is -2.21. The Morgan fingerprint density at radius 1 is 1.45 bits per heavy atom. The minimum Gasteiger partial charge on any atom is -0.338 e. The van der Waals surface area contributed by atoms with Crippen LogP contribution in [0.4, 0.5) is 0 Å². The van der Waals surface area contributed by atoms with Gasteiger partial charge >= 0.3 is 0 Å². The Kier molecular flexibility index (Phi) is 3.65. The molecule has 0 aromatic carbocycles. The molecule has 2 aromatic heterocycles. The molecule has 4 nitrogen and oxygen atoms in total. The fourth-order valence-electron chi connectivity index (χ4n) is 2.62. The molecule has 108 valence electrons. The number of nitrogens with zero attached hydrogens (tertiary/aromatic N) is 3. The van der Waals surface area contributed by atoms with Gasteiger partial charge < -0.3 is 4.52 Å². The Morgan fingerprint density at radius 2 is 2.30 bits per heavy atom. The molecule has 20 heavy (non-hydrogen) atoms. The van der Waals surface area contributed by atoms with E-state index in [-0.39, 0.29) is 5.41 Å². The quantitative estimate of drug-likeness (QED) is 0.863. The summed E-state index contributed by atoms with van der Waals surface area (Å²) in [6.07, 6.45) is 2.46. The van der Waals surface area contributed by atoms with Crippen molar-refractivity contribution < 1.29 is 4.52 Å². The van der Waals surface area contributed by atoms with Gasteiger partial charge in [0, 0.05) is 16.3 Å². The van der Waals surface area contributed by atoms with E-state index in [1.54, 1.807) is 0 Å². The zero-order chi connectivity index (χ0) is 14.2. The van der Waals surface area contributed by atoms with E-state index < -0.39 is 0 Å². The predicted molar refractivity (Wildman–Crippen MR) is 79.7 cm³/mol. The predicted octanol–water partition coefficient (Wildman–Crippen LogP) is 3.77. The largest absolute Gasteiger partial charge is 0.338 e. The zero-order valence-electron chi connectivity index (χ0n) is 12.3. The van der Waals surface area contributed by atoms with Crippen LogP contribution in [0.1, 0.15) is 56.2 Å². The van der Waals surface area contributed by atoms with Crippen LogP contribution in [-0.4, -0.2) is 21.6 Å². The van der Waals surface area contributed by atoms with E-state index in [1.807, 2.05) is 11.3 Å². The first-order valence-electron chi connectivity index (χ1n) is 7.14. The van der Waals surface area contributed by atoms with Crippen molar-refractivity contribution in [3.8, 4) is 0 Å². The number of hydrogen-bond acceptors (Lipinski definition) is 5. The van der Waals surface area contributed by atoms with E-state index in [9.17, 15) is 0 Å². The summed E-state index contributed by atoms with van der Waals surface area (Å²) in [6, 6.07) is 4.86. The Bertz CT molecular complexity index is 556. The highest BCUT2D eigenvalue weighted by Gasteiger charge is 2.29. The molecule has 3 rings (SSSR count). The maximum atomic E-state index is 5.42. The second-order valence-corrected chi connectivity index (χ2v) is 7.38. The lowest BCUT2D eigenvalue weighted by atomic mass is 9.96. The van der Waals surface area contributed by atoms with Gasteiger partial charge in [-0.1, -0.05) is 32.0 Å². The first-order chi connectivity index (χ1) is 9.54. The van der Waals surface area contributed by atoms with Crippen LogP contribution in [0.5, 0.6) is 0 Å². The van der Waals surface area contributed by atoms with Crippen molar-refractivity contribution in [1.82, 2.24) is 15.0 Å². The van der Waals surface area contributed by atoms with Crippen LogP contribution in [0.25, 0.3) is 0 Å². The highest BCUT2D eigenvalue weighted by molar-refractivity contribution is 7.10. The second-order valence-electron chi connectivity index (χ2n) is 6.41. The molecule has 0 amide bonds. The Hall–Kier alpha value is -1.20. The van der Waals surface area contributed by atoms with Crippen molar-refractivity contribution in [2.75, 3.05) is 6.54 Å². The Balaban J connectivity index is 1.72. The van der Waals surface area contributed by atoms with Gasteiger partial charge in [-0.25, -0.2) is 0 Å². The molecule has 2 aromatic rings. The van der Waals surface area contributed by atoms with E-state index >= 15 is 0 Å². The zero-order valence-corrected chi connectivity index (χ0v) is 13.1. The molecule has 1 fully saturated rings. The molecule has 0 spiro atoms. The van der Waals surface area contributed by atoms with Crippen molar-refractivity contribution in [2.24, 2.45) is 0 Å². The van der Waals surface area contributed by atoms with Gasteiger partial charge in [0.15, 0.2) is 5.82 Å². The molecular weight excluding hydrogens is 270 g/mol. The first kappa shape index (κ1) is 13.8. The molecule has 3 heterocycles. The molecule has 0 bridgehead atoms. The third-order valence-electron chi connectivity index (χ3n) is 3.71. The van der Waals surface area contributed by atoms with Gasteiger partial charge in [-0.15, -0.1) is 11.3 Å². The molecule has 1 unspecified atom stereocenters. The fraction of sp³-hybridized carbons (Fsp3) is 0.600. The summed E-state index contributed by atoms with van der Waals surface area (Å²) >= 11 is 1.84. The van der Waals surface area contributed by atoms with E-state index in [1.165, 1.54) is 17.7 Å². The number of likely N-dealkylation sites (tertiary alicyclic amines) is 1. The normalized spacial score (nSPS) is 20.6. The van der Waals surface area contributed by atoms with Crippen LogP contribution in [0.3, 0.4) is 0 Å². The van der Waals surface area contributed by atoms with Crippen LogP contribution in [0, 0.1) is 0 Å². The van der Waals surface area contributed by atoms with Crippen molar-refractivity contribution in [1.29, 1.82) is 0 Å². The second kappa shape index (κ2) is 5.30. The van der Waals surface area contributed by atoms with Crippen LogP contribution < -0.4 is 0 Å². The molecular formula is C15H21N3OS. The summed E-state index contributed by atoms with van der Waals surface area (Å²) in [4.78, 5) is 8.44. The molecule has 1 aliphatic heterocycles. The summed E-state index contributed by atoms with van der Waals surface area (Å²) in [5.74, 6) is 1.53. The summed E-state index contributed by atoms with van der Waals surface area (Å²) < 4.78 is 5.42. The highest BCUT2D eigenvalue weighted by atomic mass is 32.1. The SMILES string of the molecule is CC(C)(C)c1noc(CN2CCCC2c2cccs2)n1. The van der Waals surface area contributed by atoms with Gasteiger partial charge in [0.2, 0.25) is 5.89 Å². The first-order valence-corrected chi connectivity index (χ1v) is 8.02. The minimum absolute atomic E-state index is 0.0556. The van der Waals surface area contributed by atoms with Crippen LogP contribution in [0.2, 0.25) is 0 Å². The number of hydrogen-bond donors (Lipinski definition) is 0. The van der Waals surface area contributed by atoms with Crippen LogP contribution in [0.15, 0.2) is 22.0 Å². The smallest absolute Gasteiger partial charge is 0.240 e. The van der Waals surface area contributed by atoms with Gasteiger partial charge in [-0.3, -0.25) is 4.90 Å². The summed E-state index contributed by atoms with van der Waals surface area (Å²) in [5, 5.41) is 6.26. The van der Waals surface area contributed by atoms with E-state index in [2.05, 4.69) is 53.3 Å². The molecule has 0 N–H and O–H groups in total. The van der Waals surface area contributed by atoms with Crippen molar-refractivity contribution in [3.63, 3.8) is 0 Å². The third-order valence-corrected chi connectivity index (χ3v) is 4.69. The lowest BCUT2D eigenvalue weighted by Crippen LogP contribution is -2.22. The summed E-state index contributed by atoms with van der Waals surface area (Å²) in [7, 11) is 0. The molecule has 1 aliphatic rings. The van der Waals surface area contributed by atoms with Gasteiger partial charge in [-0.05, 0) is 30.8 Å². The third kappa shape index (κ3) is 2.79. The van der Waals surface area contributed by atoms with E-state index in [4.69, 9.17) is 4.52 Å². The Morgan fingerprint density at radius 3 is 2.95 bits per heavy atom. The van der Waals surface area contributed by atoms with Gasteiger partial charge in [0.05, 0.1) is 6.54 Å². The van der Waals surface area contributed by atoms with Gasteiger partial charge in [0.1, 0.15) is 0 Å².